The highest BCUT2D eigenvalue weighted by Gasteiger charge is 2.63. The molecule has 0 saturated carbocycles. The first kappa shape index (κ1) is 37.0. The first-order valence-corrected chi connectivity index (χ1v) is 21.2. The van der Waals surface area contributed by atoms with Crippen LogP contribution in [0.4, 0.5) is 0 Å². The Labute approximate surface area is 253 Å². The van der Waals surface area contributed by atoms with Crippen molar-refractivity contribution in [2.24, 2.45) is 11.8 Å². The van der Waals surface area contributed by atoms with Gasteiger partial charge in [-0.1, -0.05) is 55.4 Å². The quantitative estimate of drug-likeness (QED) is 0.172. The Morgan fingerprint density at radius 2 is 1.44 bits per heavy atom. The summed E-state index contributed by atoms with van der Waals surface area (Å²) in [6.45, 7) is 31.2. The maximum Gasteiger partial charge on any atom is 0.202 e. The van der Waals surface area contributed by atoms with E-state index in [9.17, 15) is 4.79 Å². The van der Waals surface area contributed by atoms with Gasteiger partial charge in [-0.2, -0.15) is 0 Å². The van der Waals surface area contributed by atoms with Crippen LogP contribution < -0.4 is 0 Å². The monoisotopic (exact) mass is 618 g/mol. The summed E-state index contributed by atoms with van der Waals surface area (Å²) in [5.41, 5.74) is 0. The van der Waals surface area contributed by atoms with Gasteiger partial charge in [-0.15, -0.1) is 0 Å². The lowest BCUT2D eigenvalue weighted by Crippen LogP contribution is -2.67. The van der Waals surface area contributed by atoms with Gasteiger partial charge in [-0.05, 0) is 50.1 Å². The van der Waals surface area contributed by atoms with Gasteiger partial charge >= 0.3 is 0 Å². The van der Waals surface area contributed by atoms with Crippen molar-refractivity contribution < 1.29 is 37.3 Å². The Balaban J connectivity index is 2.61. The Morgan fingerprint density at radius 3 is 1.90 bits per heavy atom. The van der Waals surface area contributed by atoms with Gasteiger partial charge in [0.25, 0.3) is 0 Å². The van der Waals surface area contributed by atoms with Crippen LogP contribution >= 0.6 is 0 Å². The molecule has 10 heteroatoms. The number of aldehydes is 1. The van der Waals surface area contributed by atoms with Crippen molar-refractivity contribution >= 4 is 22.9 Å². The van der Waals surface area contributed by atoms with Gasteiger partial charge in [-0.25, -0.2) is 0 Å². The van der Waals surface area contributed by atoms with Crippen LogP contribution in [0.3, 0.4) is 0 Å². The summed E-state index contributed by atoms with van der Waals surface area (Å²) in [4.78, 5) is 11.7. The maximum atomic E-state index is 11.7. The second-order valence-electron chi connectivity index (χ2n) is 15.8. The van der Waals surface area contributed by atoms with Crippen LogP contribution in [0.5, 0.6) is 0 Å². The summed E-state index contributed by atoms with van der Waals surface area (Å²) in [7, 11) is -0.897. The number of carbonyl (C=O) groups excluding carboxylic acids is 1. The normalized spacial score (nSPS) is 34.0. The fourth-order valence-electron chi connectivity index (χ4n) is 5.64. The Hall–Kier alpha value is -0.176. The third kappa shape index (κ3) is 8.11. The van der Waals surface area contributed by atoms with Gasteiger partial charge < -0.3 is 37.3 Å². The number of carbonyl (C=O) groups is 1. The molecule has 0 amide bonds. The lowest BCUT2D eigenvalue weighted by Gasteiger charge is -2.56. The van der Waals surface area contributed by atoms with Gasteiger partial charge in [0, 0.05) is 38.9 Å². The van der Waals surface area contributed by atoms with Crippen LogP contribution in [0.1, 0.15) is 82.1 Å². The van der Waals surface area contributed by atoms with Crippen LogP contribution in [-0.4, -0.2) is 85.8 Å². The highest BCUT2D eigenvalue weighted by Crippen LogP contribution is 2.51. The Morgan fingerprint density at radius 1 is 0.878 bits per heavy atom. The summed E-state index contributed by atoms with van der Waals surface area (Å²) in [5, 5.41) is 0.0779. The number of rotatable bonds is 12. The zero-order valence-corrected chi connectivity index (χ0v) is 31.0. The molecule has 0 radical (unpaired) electrons. The first-order chi connectivity index (χ1) is 18.5. The van der Waals surface area contributed by atoms with Crippen molar-refractivity contribution in [3.05, 3.63) is 0 Å². The molecule has 8 atom stereocenters. The number of methoxy groups -OCH3 is 2. The second-order valence-corrected chi connectivity index (χ2v) is 25.3. The summed E-state index contributed by atoms with van der Waals surface area (Å²) >= 11 is 0. The van der Waals surface area contributed by atoms with Crippen LogP contribution in [0.25, 0.3) is 0 Å². The molecule has 2 heterocycles. The lowest BCUT2D eigenvalue weighted by atomic mass is 9.76. The fraction of sp³-hybridized carbons (Fsp3) is 0.968. The summed E-state index contributed by atoms with van der Waals surface area (Å²) in [6.07, 6.45) is -0.0467. The van der Waals surface area contributed by atoms with Crippen LogP contribution in [0.2, 0.25) is 36.3 Å². The molecule has 0 unspecified atom stereocenters. The van der Waals surface area contributed by atoms with E-state index in [1.54, 1.807) is 14.2 Å². The standard InChI is InChI=1S/C31H62O8Si2/c1-21-25(19-23(20-33-11)38-40(13,14)28(3,4)5)36-31(34-12,27-24(17-18-32)35-30(9,10)37-27)22(2)26(21)39-41(15,16)29(6,7)8/h18,21-27H,17,19-20H2,1-16H3/t21-,22+,23+,24-,25+,26-,27+,31+/m0/s1. The van der Waals surface area contributed by atoms with Gasteiger partial charge in [0.15, 0.2) is 22.4 Å². The minimum Gasteiger partial charge on any atom is -0.413 e. The predicted octanol–water partition coefficient (Wildman–Crippen LogP) is 6.93. The summed E-state index contributed by atoms with van der Waals surface area (Å²) in [5.74, 6) is -2.23. The van der Waals surface area contributed by atoms with Crippen molar-refractivity contribution in [3.63, 3.8) is 0 Å². The van der Waals surface area contributed by atoms with E-state index in [0.29, 0.717) is 13.0 Å². The summed E-state index contributed by atoms with van der Waals surface area (Å²) in [6, 6.07) is 0. The predicted molar refractivity (Wildman–Crippen MR) is 168 cm³/mol. The molecule has 0 N–H and O–H groups in total. The molecule has 8 nitrogen and oxygen atoms in total. The van der Waals surface area contributed by atoms with E-state index in [1.165, 1.54) is 0 Å². The zero-order valence-electron chi connectivity index (χ0n) is 29.0. The minimum atomic E-state index is -2.19. The highest BCUT2D eigenvalue weighted by atomic mass is 28.4. The smallest absolute Gasteiger partial charge is 0.202 e. The van der Waals surface area contributed by atoms with E-state index in [4.69, 9.17) is 32.5 Å². The molecule has 2 rings (SSSR count). The molecule has 0 aromatic carbocycles. The molecule has 0 aliphatic carbocycles. The minimum absolute atomic E-state index is 0.0228. The third-order valence-corrected chi connectivity index (χ3v) is 19.2. The SMILES string of the molecule is COC[C@@H](C[C@H]1O[C@@](OC)([C@@H]2OC(C)(C)O[C@H]2CC=O)[C@H](C)[C@@H](O[Si](C)(C)C(C)(C)C)[C@H]1C)O[Si](C)(C)C(C)(C)C. The average Bonchev–Trinajstić information content (AvgIpc) is 3.11. The van der Waals surface area contributed by atoms with Crippen molar-refractivity contribution in [1.29, 1.82) is 0 Å². The van der Waals surface area contributed by atoms with E-state index in [-0.39, 0.29) is 46.6 Å². The lowest BCUT2D eigenvalue weighted by molar-refractivity contribution is -0.366. The molecular weight excluding hydrogens is 557 g/mol. The van der Waals surface area contributed by atoms with E-state index < -0.39 is 40.4 Å². The maximum absolute atomic E-state index is 11.7. The molecule has 2 fully saturated rings. The van der Waals surface area contributed by atoms with Gasteiger partial charge in [0.2, 0.25) is 5.79 Å². The third-order valence-electron chi connectivity index (χ3n) is 10.1. The molecular formula is C31H62O8Si2. The van der Waals surface area contributed by atoms with Crippen molar-refractivity contribution in [3.8, 4) is 0 Å². The van der Waals surface area contributed by atoms with Crippen LogP contribution in [0, 0.1) is 11.8 Å². The van der Waals surface area contributed by atoms with E-state index in [2.05, 4.69) is 81.6 Å². The van der Waals surface area contributed by atoms with E-state index in [0.717, 1.165) is 6.29 Å². The first-order valence-electron chi connectivity index (χ1n) is 15.4. The topological polar surface area (TPSA) is 81.7 Å². The molecule has 2 aliphatic heterocycles. The molecule has 2 aliphatic rings. The molecule has 0 aromatic heterocycles. The molecule has 0 bridgehead atoms. The average molecular weight is 619 g/mol. The molecule has 0 aromatic rings. The molecule has 0 spiro atoms. The fourth-order valence-corrected chi connectivity index (χ4v) is 8.45. The van der Waals surface area contributed by atoms with E-state index >= 15 is 0 Å². The Kier molecular flexibility index (Phi) is 11.8. The van der Waals surface area contributed by atoms with Gasteiger partial charge in [0.1, 0.15) is 12.4 Å². The van der Waals surface area contributed by atoms with E-state index in [1.807, 2.05) is 13.8 Å². The molecule has 41 heavy (non-hydrogen) atoms. The van der Waals surface area contributed by atoms with Crippen molar-refractivity contribution in [2.75, 3.05) is 20.8 Å². The summed E-state index contributed by atoms with van der Waals surface area (Å²) < 4.78 is 45.9. The van der Waals surface area contributed by atoms with Gasteiger partial charge in [0.05, 0.1) is 31.0 Å². The number of ether oxygens (including phenoxy) is 5. The molecule has 2 saturated heterocycles. The number of hydrogen-bond acceptors (Lipinski definition) is 8. The zero-order chi connectivity index (χ0) is 31.8. The van der Waals surface area contributed by atoms with Crippen LogP contribution in [-0.2, 0) is 37.3 Å². The van der Waals surface area contributed by atoms with Gasteiger partial charge in [-0.3, -0.25) is 0 Å². The highest BCUT2D eigenvalue weighted by molar-refractivity contribution is 6.74. The van der Waals surface area contributed by atoms with Crippen molar-refractivity contribution in [1.82, 2.24) is 0 Å². The second kappa shape index (κ2) is 13.0. The Bertz CT molecular complexity index is 865. The van der Waals surface area contributed by atoms with Crippen molar-refractivity contribution in [2.45, 2.75) is 160 Å². The number of hydrogen-bond donors (Lipinski definition) is 0. The van der Waals surface area contributed by atoms with Crippen LogP contribution in [0.15, 0.2) is 0 Å². The molecule has 242 valence electrons. The largest absolute Gasteiger partial charge is 0.413 e.